The van der Waals surface area contributed by atoms with Crippen molar-refractivity contribution in [1.29, 1.82) is 0 Å². The summed E-state index contributed by atoms with van der Waals surface area (Å²) >= 11 is 0. The highest BCUT2D eigenvalue weighted by molar-refractivity contribution is 5.48. The fraction of sp³-hybridized carbons (Fsp3) is 0.538. The van der Waals surface area contributed by atoms with E-state index in [4.69, 9.17) is 4.74 Å². The predicted molar refractivity (Wildman–Crippen MR) is 74.5 cm³/mol. The van der Waals surface area contributed by atoms with Crippen molar-refractivity contribution in [3.8, 4) is 5.75 Å². The molecule has 1 aromatic rings. The number of nitro benzene ring substituents is 1. The Balaban J connectivity index is 2.69. The Morgan fingerprint density at radius 3 is 2.68 bits per heavy atom. The average Bonchev–Trinajstić information content (AvgIpc) is 2.35. The third-order valence-electron chi connectivity index (χ3n) is 2.73. The minimum Gasteiger partial charge on any atom is -0.490 e. The van der Waals surface area contributed by atoms with Gasteiger partial charge in [-0.2, -0.15) is 0 Å². The Kier molecular flexibility index (Phi) is 5.72. The van der Waals surface area contributed by atoms with Gasteiger partial charge in [-0.05, 0) is 32.6 Å². The second-order valence-electron chi connectivity index (χ2n) is 4.81. The lowest BCUT2D eigenvalue weighted by Crippen LogP contribution is -2.35. The zero-order valence-corrected chi connectivity index (χ0v) is 11.8. The number of rotatable bonds is 7. The zero-order valence-electron chi connectivity index (χ0n) is 11.8. The molecule has 19 heavy (non-hydrogen) atoms. The van der Waals surface area contributed by atoms with Crippen LogP contribution in [-0.2, 0) is 6.54 Å². The third-order valence-corrected chi connectivity index (χ3v) is 2.73. The molecule has 0 saturated heterocycles. The normalized spacial score (nSPS) is 12.5. The van der Waals surface area contributed by atoms with Crippen LogP contribution in [0.4, 0.5) is 5.69 Å². The summed E-state index contributed by atoms with van der Waals surface area (Å²) in [7, 11) is 5.45. The van der Waals surface area contributed by atoms with Crippen LogP contribution in [0.25, 0.3) is 0 Å². The molecule has 1 rings (SSSR count). The van der Waals surface area contributed by atoms with E-state index < -0.39 is 4.92 Å². The van der Waals surface area contributed by atoms with Gasteiger partial charge in [-0.15, -0.1) is 0 Å². The highest BCUT2D eigenvalue weighted by Gasteiger charge is 2.15. The van der Waals surface area contributed by atoms with Gasteiger partial charge in [-0.1, -0.05) is 6.07 Å². The first-order valence-electron chi connectivity index (χ1n) is 6.13. The van der Waals surface area contributed by atoms with Gasteiger partial charge in [0.15, 0.2) is 5.75 Å². The molecule has 6 nitrogen and oxygen atoms in total. The molecule has 0 aromatic heterocycles. The fourth-order valence-electron chi connectivity index (χ4n) is 1.89. The van der Waals surface area contributed by atoms with Crippen molar-refractivity contribution in [2.75, 3.05) is 27.7 Å². The van der Waals surface area contributed by atoms with E-state index in [1.807, 2.05) is 20.2 Å². The Morgan fingerprint density at radius 2 is 2.16 bits per heavy atom. The van der Waals surface area contributed by atoms with Gasteiger partial charge in [-0.25, -0.2) is 0 Å². The molecule has 0 saturated carbocycles. The summed E-state index contributed by atoms with van der Waals surface area (Å²) in [6.45, 7) is 3.59. The van der Waals surface area contributed by atoms with Gasteiger partial charge in [0.05, 0.1) is 12.0 Å². The number of nitrogens with zero attached hydrogens (tertiary/aromatic N) is 2. The van der Waals surface area contributed by atoms with Crippen LogP contribution in [0.5, 0.6) is 5.75 Å². The smallest absolute Gasteiger partial charge is 0.311 e. The molecule has 0 aliphatic rings. The van der Waals surface area contributed by atoms with Crippen molar-refractivity contribution in [3.63, 3.8) is 0 Å². The van der Waals surface area contributed by atoms with E-state index in [2.05, 4.69) is 17.1 Å². The number of ether oxygens (including phenoxy) is 1. The van der Waals surface area contributed by atoms with E-state index in [1.54, 1.807) is 12.1 Å². The Morgan fingerprint density at radius 1 is 1.47 bits per heavy atom. The standard InChI is InChI=1S/C13H21N3O3/c1-10(9-15(2)3)14-8-11-5-6-13(19-4)12(7-11)16(17)18/h5-7,10,14H,8-9H2,1-4H3. The van der Waals surface area contributed by atoms with Crippen molar-refractivity contribution >= 4 is 5.69 Å². The Labute approximate surface area is 113 Å². The number of likely N-dealkylation sites (N-methyl/N-ethyl adjacent to an activating group) is 1. The van der Waals surface area contributed by atoms with Gasteiger partial charge < -0.3 is 15.0 Å². The molecule has 0 amide bonds. The maximum atomic E-state index is 10.9. The Bertz CT molecular complexity index is 435. The van der Waals surface area contributed by atoms with Crippen LogP contribution >= 0.6 is 0 Å². The fourth-order valence-corrected chi connectivity index (χ4v) is 1.89. The van der Waals surface area contributed by atoms with Gasteiger partial charge in [-0.3, -0.25) is 10.1 Å². The van der Waals surface area contributed by atoms with Crippen LogP contribution in [0, 0.1) is 10.1 Å². The first-order chi connectivity index (χ1) is 8.93. The number of benzene rings is 1. The van der Waals surface area contributed by atoms with Gasteiger partial charge in [0.25, 0.3) is 0 Å². The molecular weight excluding hydrogens is 246 g/mol. The molecular formula is C13H21N3O3. The van der Waals surface area contributed by atoms with E-state index in [0.29, 0.717) is 12.6 Å². The molecule has 0 spiro atoms. The lowest BCUT2D eigenvalue weighted by molar-refractivity contribution is -0.385. The van der Waals surface area contributed by atoms with E-state index in [-0.39, 0.29) is 11.4 Å². The van der Waals surface area contributed by atoms with Crippen LogP contribution in [0.3, 0.4) is 0 Å². The van der Waals surface area contributed by atoms with Crippen LogP contribution in [0.15, 0.2) is 18.2 Å². The Hall–Kier alpha value is -1.66. The van der Waals surface area contributed by atoms with E-state index in [1.165, 1.54) is 7.11 Å². The van der Waals surface area contributed by atoms with Crippen LogP contribution in [0.1, 0.15) is 12.5 Å². The highest BCUT2D eigenvalue weighted by Crippen LogP contribution is 2.27. The van der Waals surface area contributed by atoms with Crippen molar-refractivity contribution in [1.82, 2.24) is 10.2 Å². The largest absolute Gasteiger partial charge is 0.490 e. The monoisotopic (exact) mass is 267 g/mol. The number of methoxy groups -OCH3 is 1. The van der Waals surface area contributed by atoms with Gasteiger partial charge in [0, 0.05) is 25.2 Å². The van der Waals surface area contributed by atoms with Crippen molar-refractivity contribution in [2.45, 2.75) is 19.5 Å². The van der Waals surface area contributed by atoms with Crippen molar-refractivity contribution in [3.05, 3.63) is 33.9 Å². The van der Waals surface area contributed by atoms with Gasteiger partial charge in [0.1, 0.15) is 0 Å². The average molecular weight is 267 g/mol. The number of hydrogen-bond acceptors (Lipinski definition) is 5. The molecule has 6 heteroatoms. The summed E-state index contributed by atoms with van der Waals surface area (Å²) in [5.74, 6) is 0.287. The second kappa shape index (κ2) is 7.06. The lowest BCUT2D eigenvalue weighted by atomic mass is 10.1. The maximum Gasteiger partial charge on any atom is 0.311 e. The maximum absolute atomic E-state index is 10.9. The molecule has 0 bridgehead atoms. The lowest BCUT2D eigenvalue weighted by Gasteiger charge is -2.18. The summed E-state index contributed by atoms with van der Waals surface area (Å²) in [6, 6.07) is 5.33. The van der Waals surface area contributed by atoms with Gasteiger partial charge >= 0.3 is 5.69 Å². The molecule has 0 radical (unpaired) electrons. The van der Waals surface area contributed by atoms with Gasteiger partial charge in [0.2, 0.25) is 0 Å². The third kappa shape index (κ3) is 4.84. The van der Waals surface area contributed by atoms with Crippen molar-refractivity contribution < 1.29 is 9.66 Å². The molecule has 1 unspecified atom stereocenters. The molecule has 1 atom stereocenters. The summed E-state index contributed by atoms with van der Waals surface area (Å²) in [4.78, 5) is 12.6. The molecule has 0 aliphatic carbocycles. The molecule has 0 heterocycles. The quantitative estimate of drug-likeness (QED) is 0.601. The number of nitro groups is 1. The highest BCUT2D eigenvalue weighted by atomic mass is 16.6. The number of nitrogens with one attached hydrogen (secondary N) is 1. The summed E-state index contributed by atoms with van der Waals surface area (Å²) in [6.07, 6.45) is 0. The molecule has 1 aromatic carbocycles. The van der Waals surface area contributed by atoms with Crippen LogP contribution < -0.4 is 10.1 Å². The molecule has 0 aliphatic heterocycles. The molecule has 1 N–H and O–H groups in total. The van der Waals surface area contributed by atoms with E-state index >= 15 is 0 Å². The minimum atomic E-state index is -0.425. The van der Waals surface area contributed by atoms with Crippen LogP contribution in [-0.4, -0.2) is 43.6 Å². The topological polar surface area (TPSA) is 67.6 Å². The van der Waals surface area contributed by atoms with E-state index in [0.717, 1.165) is 12.1 Å². The molecule has 106 valence electrons. The van der Waals surface area contributed by atoms with Crippen molar-refractivity contribution in [2.24, 2.45) is 0 Å². The minimum absolute atomic E-state index is 0.00191. The predicted octanol–water partition coefficient (Wildman–Crippen LogP) is 1.64. The summed E-state index contributed by atoms with van der Waals surface area (Å²) in [5.41, 5.74) is 0.875. The van der Waals surface area contributed by atoms with Crippen LogP contribution in [0.2, 0.25) is 0 Å². The first kappa shape index (κ1) is 15.4. The molecule has 0 fully saturated rings. The first-order valence-corrected chi connectivity index (χ1v) is 6.13. The summed E-state index contributed by atoms with van der Waals surface area (Å²) in [5, 5.41) is 14.2. The van der Waals surface area contributed by atoms with E-state index in [9.17, 15) is 10.1 Å². The zero-order chi connectivity index (χ0) is 14.4. The second-order valence-corrected chi connectivity index (χ2v) is 4.81. The summed E-state index contributed by atoms with van der Waals surface area (Å²) < 4.78 is 4.97. The SMILES string of the molecule is COc1ccc(CNC(C)CN(C)C)cc1[N+](=O)[O-]. The number of hydrogen-bond donors (Lipinski definition) is 1.